The van der Waals surface area contributed by atoms with Gasteiger partial charge in [0, 0.05) is 13.7 Å². The minimum Gasteiger partial charge on any atom is -0.382 e. The number of nitrogens with two attached hydrogens (primary N) is 1. The minimum atomic E-state index is -1.04. The van der Waals surface area contributed by atoms with Crippen LogP contribution in [0.5, 0.6) is 0 Å². The Hall–Kier alpha value is -2.39. The molecule has 1 aliphatic heterocycles. The predicted molar refractivity (Wildman–Crippen MR) is 79.6 cm³/mol. The van der Waals surface area contributed by atoms with E-state index in [-0.39, 0.29) is 18.9 Å². The Labute approximate surface area is 129 Å². The molecule has 6 heteroatoms. The van der Waals surface area contributed by atoms with E-state index in [1.165, 1.54) is 12.0 Å². The lowest BCUT2D eigenvalue weighted by Gasteiger charge is -2.35. The van der Waals surface area contributed by atoms with E-state index in [4.69, 9.17) is 15.7 Å². The molecule has 0 aliphatic carbocycles. The first-order valence-corrected chi connectivity index (χ1v) is 7.12. The highest BCUT2D eigenvalue weighted by molar-refractivity contribution is 5.92. The molecule has 6 nitrogen and oxygen atoms in total. The normalized spacial score (nSPS) is 20.6. The highest BCUT2D eigenvalue weighted by Crippen LogP contribution is 2.30. The van der Waals surface area contributed by atoms with Crippen molar-refractivity contribution in [2.75, 3.05) is 20.3 Å². The number of carbonyl (C=O) groups excluding carboxylic acids is 2. The Morgan fingerprint density at radius 2 is 2.09 bits per heavy atom. The maximum Gasteiger partial charge on any atom is 0.245 e. The number of hydrogen-bond donors (Lipinski definition) is 1. The zero-order chi connectivity index (χ0) is 16.2. The number of ether oxygens (including phenoxy) is 1. The van der Waals surface area contributed by atoms with Crippen LogP contribution in [0.2, 0.25) is 0 Å². The van der Waals surface area contributed by atoms with E-state index < -0.39 is 11.4 Å². The van der Waals surface area contributed by atoms with Gasteiger partial charge < -0.3 is 15.4 Å². The molecule has 0 saturated carbocycles. The number of primary amides is 1. The number of rotatable bonds is 5. The van der Waals surface area contributed by atoms with E-state index in [0.717, 1.165) is 12.0 Å². The number of nitriles is 1. The molecule has 0 aromatic heterocycles. The van der Waals surface area contributed by atoms with Gasteiger partial charge in [-0.25, -0.2) is 0 Å². The summed E-state index contributed by atoms with van der Waals surface area (Å²) in [5.41, 5.74) is 5.83. The molecule has 1 saturated heterocycles. The van der Waals surface area contributed by atoms with Gasteiger partial charge in [0.2, 0.25) is 11.8 Å². The quantitative estimate of drug-likeness (QED) is 0.861. The third kappa shape index (κ3) is 2.95. The Balaban J connectivity index is 2.16. The molecule has 1 unspecified atom stereocenters. The number of likely N-dealkylation sites (tertiary alicyclic amines) is 1. The van der Waals surface area contributed by atoms with Crippen molar-refractivity contribution in [3.8, 4) is 6.07 Å². The second-order valence-corrected chi connectivity index (χ2v) is 5.46. The van der Waals surface area contributed by atoms with Crippen LogP contribution in [0.25, 0.3) is 0 Å². The molecule has 2 rings (SSSR count). The summed E-state index contributed by atoms with van der Waals surface area (Å²) in [5.74, 6) is -0.682. The van der Waals surface area contributed by atoms with Gasteiger partial charge in [0.15, 0.2) is 0 Å². The molecule has 2 amide bonds. The third-order valence-corrected chi connectivity index (χ3v) is 4.07. The summed E-state index contributed by atoms with van der Waals surface area (Å²) in [6.45, 7) is 0.614. The summed E-state index contributed by atoms with van der Waals surface area (Å²) < 4.78 is 5.12. The van der Waals surface area contributed by atoms with E-state index in [0.29, 0.717) is 18.5 Å². The fourth-order valence-corrected chi connectivity index (χ4v) is 2.93. The molecule has 1 aliphatic rings. The summed E-state index contributed by atoms with van der Waals surface area (Å²) in [6, 6.07) is 8.86. The van der Waals surface area contributed by atoms with Crippen LogP contribution in [0.1, 0.15) is 24.0 Å². The van der Waals surface area contributed by atoms with Crippen LogP contribution in [-0.4, -0.2) is 42.5 Å². The number of carbonyl (C=O) groups is 2. The standard InChI is InChI=1S/C16H19N3O3/c1-22-11-16(15(18)21)7-2-8-19(16)14(20)9-12-3-5-13(10-17)6-4-12/h3-6H,2,7-9,11H2,1H3,(H2,18,21). The first-order valence-electron chi connectivity index (χ1n) is 7.12. The fraction of sp³-hybridized carbons (Fsp3) is 0.438. The Morgan fingerprint density at radius 3 is 2.64 bits per heavy atom. The Bertz CT molecular complexity index is 606. The molecule has 0 spiro atoms. The lowest BCUT2D eigenvalue weighted by Crippen LogP contribution is -2.59. The third-order valence-electron chi connectivity index (χ3n) is 4.07. The number of hydrogen-bond acceptors (Lipinski definition) is 4. The monoisotopic (exact) mass is 301 g/mol. The molecule has 0 bridgehead atoms. The fourth-order valence-electron chi connectivity index (χ4n) is 2.93. The van der Waals surface area contributed by atoms with Crippen LogP contribution in [0.3, 0.4) is 0 Å². The van der Waals surface area contributed by atoms with E-state index in [9.17, 15) is 9.59 Å². The van der Waals surface area contributed by atoms with Gasteiger partial charge >= 0.3 is 0 Å². The lowest BCUT2D eigenvalue weighted by atomic mass is 9.95. The van der Waals surface area contributed by atoms with Gasteiger partial charge in [-0.05, 0) is 30.5 Å². The van der Waals surface area contributed by atoms with E-state index >= 15 is 0 Å². The summed E-state index contributed by atoms with van der Waals surface area (Å²) in [4.78, 5) is 26.0. The zero-order valence-electron chi connectivity index (χ0n) is 12.5. The van der Waals surface area contributed by atoms with Crippen LogP contribution >= 0.6 is 0 Å². The topological polar surface area (TPSA) is 96.4 Å². The van der Waals surface area contributed by atoms with Crippen molar-refractivity contribution in [3.05, 3.63) is 35.4 Å². The number of nitrogens with zero attached hydrogens (tertiary/aromatic N) is 2. The van der Waals surface area contributed by atoms with Crippen molar-refractivity contribution < 1.29 is 14.3 Å². The van der Waals surface area contributed by atoms with Gasteiger partial charge in [-0.3, -0.25) is 9.59 Å². The van der Waals surface area contributed by atoms with Crippen molar-refractivity contribution >= 4 is 11.8 Å². The number of methoxy groups -OCH3 is 1. The molecule has 1 heterocycles. The molecular weight excluding hydrogens is 282 g/mol. The molecular formula is C16H19N3O3. The van der Waals surface area contributed by atoms with Gasteiger partial charge in [0.25, 0.3) is 0 Å². The van der Waals surface area contributed by atoms with Crippen molar-refractivity contribution in [1.29, 1.82) is 5.26 Å². The summed E-state index contributed by atoms with van der Waals surface area (Å²) in [7, 11) is 1.49. The summed E-state index contributed by atoms with van der Waals surface area (Å²) >= 11 is 0. The highest BCUT2D eigenvalue weighted by atomic mass is 16.5. The molecule has 116 valence electrons. The number of benzene rings is 1. The van der Waals surface area contributed by atoms with Gasteiger partial charge in [-0.2, -0.15) is 5.26 Å². The molecule has 1 aromatic rings. The molecule has 2 N–H and O–H groups in total. The van der Waals surface area contributed by atoms with Crippen molar-refractivity contribution in [1.82, 2.24) is 4.90 Å². The first-order chi connectivity index (χ1) is 10.5. The second kappa shape index (κ2) is 6.58. The molecule has 22 heavy (non-hydrogen) atoms. The average Bonchev–Trinajstić information content (AvgIpc) is 2.93. The van der Waals surface area contributed by atoms with E-state index in [1.54, 1.807) is 24.3 Å². The molecule has 1 aromatic carbocycles. The van der Waals surface area contributed by atoms with Gasteiger partial charge in [0.1, 0.15) is 5.54 Å². The largest absolute Gasteiger partial charge is 0.382 e. The molecule has 1 fully saturated rings. The maximum atomic E-state index is 12.6. The second-order valence-electron chi connectivity index (χ2n) is 5.46. The Morgan fingerprint density at radius 1 is 1.41 bits per heavy atom. The van der Waals surface area contributed by atoms with Gasteiger partial charge in [0.05, 0.1) is 24.7 Å². The Kier molecular flexibility index (Phi) is 4.78. The predicted octanol–water partition coefficient (Wildman–Crippen LogP) is 0.594. The van der Waals surface area contributed by atoms with Crippen LogP contribution in [-0.2, 0) is 20.7 Å². The molecule has 0 radical (unpaired) electrons. The maximum absolute atomic E-state index is 12.6. The van der Waals surface area contributed by atoms with Crippen LogP contribution < -0.4 is 5.73 Å². The SMILES string of the molecule is COCC1(C(N)=O)CCCN1C(=O)Cc1ccc(C#N)cc1. The summed E-state index contributed by atoms with van der Waals surface area (Å²) in [5, 5.41) is 8.78. The highest BCUT2D eigenvalue weighted by Gasteiger charge is 2.48. The zero-order valence-corrected chi connectivity index (χ0v) is 12.5. The lowest BCUT2D eigenvalue weighted by molar-refractivity contribution is -0.146. The first kappa shape index (κ1) is 16.0. The van der Waals surface area contributed by atoms with Crippen molar-refractivity contribution in [2.45, 2.75) is 24.8 Å². The average molecular weight is 301 g/mol. The van der Waals surface area contributed by atoms with Crippen molar-refractivity contribution in [2.24, 2.45) is 5.73 Å². The van der Waals surface area contributed by atoms with Crippen LogP contribution in [0.4, 0.5) is 0 Å². The van der Waals surface area contributed by atoms with Gasteiger partial charge in [-0.1, -0.05) is 12.1 Å². The molecule has 1 atom stereocenters. The van der Waals surface area contributed by atoms with E-state index in [1.807, 2.05) is 6.07 Å². The van der Waals surface area contributed by atoms with Crippen molar-refractivity contribution in [3.63, 3.8) is 0 Å². The van der Waals surface area contributed by atoms with E-state index in [2.05, 4.69) is 0 Å². The van der Waals surface area contributed by atoms with Gasteiger partial charge in [-0.15, -0.1) is 0 Å². The smallest absolute Gasteiger partial charge is 0.245 e. The van der Waals surface area contributed by atoms with Crippen LogP contribution in [0, 0.1) is 11.3 Å². The summed E-state index contributed by atoms with van der Waals surface area (Å²) in [6.07, 6.45) is 1.42. The van der Waals surface area contributed by atoms with Crippen LogP contribution in [0.15, 0.2) is 24.3 Å². The number of amides is 2. The minimum absolute atomic E-state index is 0.113.